The van der Waals surface area contributed by atoms with E-state index in [-0.39, 0.29) is 23.2 Å². The van der Waals surface area contributed by atoms with Gasteiger partial charge in [0, 0.05) is 18.3 Å². The van der Waals surface area contributed by atoms with Crippen LogP contribution in [0.4, 0.5) is 0 Å². The Bertz CT molecular complexity index is 885. The third-order valence-electron chi connectivity index (χ3n) is 4.17. The molecule has 2 aromatic rings. The zero-order valence-electron chi connectivity index (χ0n) is 12.6. The van der Waals surface area contributed by atoms with Crippen molar-refractivity contribution in [2.45, 2.75) is 17.0 Å². The molecule has 1 amide bonds. The summed E-state index contributed by atoms with van der Waals surface area (Å²) in [5.41, 5.74) is 0.565. The van der Waals surface area contributed by atoms with Crippen LogP contribution in [0.5, 0.6) is 5.88 Å². The number of nitrogens with one attached hydrogen (secondary N) is 1. The van der Waals surface area contributed by atoms with Gasteiger partial charge in [0.05, 0.1) is 12.6 Å². The maximum atomic E-state index is 12.6. The molecule has 1 fully saturated rings. The average Bonchev–Trinajstić information content (AvgIpc) is 2.92. The van der Waals surface area contributed by atoms with Gasteiger partial charge < -0.3 is 9.64 Å². The van der Waals surface area contributed by atoms with Crippen LogP contribution in [0.3, 0.4) is 0 Å². The van der Waals surface area contributed by atoms with E-state index in [2.05, 4.69) is 9.71 Å². The Morgan fingerprint density at radius 2 is 1.96 bits per heavy atom. The third kappa shape index (κ3) is 2.53. The topological polar surface area (TPSA) is 88.6 Å². The molecular weight excluding hydrogens is 330 g/mol. The van der Waals surface area contributed by atoms with E-state index in [0.29, 0.717) is 12.1 Å². The van der Waals surface area contributed by atoms with Crippen molar-refractivity contribution >= 4 is 15.9 Å². The Morgan fingerprint density at radius 3 is 2.75 bits per heavy atom. The number of carbonyl (C=O) groups is 1. The average molecular weight is 345 g/mol. The molecule has 1 aromatic carbocycles. The minimum atomic E-state index is -3.72. The summed E-state index contributed by atoms with van der Waals surface area (Å²) < 4.78 is 33.3. The minimum absolute atomic E-state index is 0.0281. The number of nitrogens with zero attached hydrogens (tertiary/aromatic N) is 2. The molecule has 4 rings (SSSR count). The molecule has 8 heteroatoms. The van der Waals surface area contributed by atoms with Gasteiger partial charge in [-0.05, 0) is 24.3 Å². The smallest absolute Gasteiger partial charge is 0.254 e. The van der Waals surface area contributed by atoms with Crippen LogP contribution in [0, 0.1) is 0 Å². The Kier molecular flexibility index (Phi) is 3.50. The number of carbonyl (C=O) groups excluding carboxylic acids is 1. The fourth-order valence-electron chi connectivity index (χ4n) is 3.01. The number of aromatic nitrogens is 1. The molecule has 7 nitrogen and oxygen atoms in total. The molecule has 0 aliphatic carbocycles. The molecule has 1 saturated heterocycles. The highest BCUT2D eigenvalue weighted by molar-refractivity contribution is 7.89. The van der Waals surface area contributed by atoms with Crippen molar-refractivity contribution < 1.29 is 17.9 Å². The number of likely N-dealkylation sites (tertiary alicyclic amines) is 1. The lowest BCUT2D eigenvalue weighted by Crippen LogP contribution is -2.42. The van der Waals surface area contributed by atoms with Crippen LogP contribution in [0.15, 0.2) is 53.6 Å². The van der Waals surface area contributed by atoms with Crippen molar-refractivity contribution in [2.75, 3.05) is 13.1 Å². The highest BCUT2D eigenvalue weighted by atomic mass is 32.2. The van der Waals surface area contributed by atoms with Gasteiger partial charge in [-0.1, -0.05) is 18.2 Å². The zero-order chi connectivity index (χ0) is 16.7. The van der Waals surface area contributed by atoms with Gasteiger partial charge >= 0.3 is 0 Å². The summed E-state index contributed by atoms with van der Waals surface area (Å²) in [6.07, 6.45) is 1.01. The standard InChI is InChI=1S/C16H15N3O4S/c20-16(11-5-2-1-3-6-11)19-9-12-13(10-19)23-15-14(7-4-8-17-15)24(21,22)18-12/h1-8,12-13,18H,9-10H2/t12-,13+/m1/s1. The number of amides is 1. The largest absolute Gasteiger partial charge is 0.470 e. The normalized spacial score (nSPS) is 24.4. The molecular formula is C16H15N3O4S. The maximum absolute atomic E-state index is 12.6. The second kappa shape index (κ2) is 5.57. The number of hydrogen-bond acceptors (Lipinski definition) is 5. The van der Waals surface area contributed by atoms with Gasteiger partial charge in [-0.25, -0.2) is 18.1 Å². The number of ether oxygens (including phenoxy) is 1. The highest BCUT2D eigenvalue weighted by Gasteiger charge is 2.43. The molecule has 0 spiro atoms. The van der Waals surface area contributed by atoms with Crippen molar-refractivity contribution in [3.05, 3.63) is 54.2 Å². The molecule has 0 unspecified atom stereocenters. The Hall–Kier alpha value is -2.45. The Morgan fingerprint density at radius 1 is 1.17 bits per heavy atom. The predicted octanol–water partition coefficient (Wildman–Crippen LogP) is 0.645. The molecule has 0 bridgehead atoms. The van der Waals surface area contributed by atoms with Crippen molar-refractivity contribution in [3.8, 4) is 5.88 Å². The van der Waals surface area contributed by atoms with Crippen LogP contribution in [0.2, 0.25) is 0 Å². The van der Waals surface area contributed by atoms with Crippen molar-refractivity contribution in [3.63, 3.8) is 0 Å². The van der Waals surface area contributed by atoms with E-state index in [0.717, 1.165) is 0 Å². The molecule has 2 atom stereocenters. The van der Waals surface area contributed by atoms with E-state index in [1.807, 2.05) is 6.07 Å². The first-order valence-corrected chi connectivity index (χ1v) is 9.01. The lowest BCUT2D eigenvalue weighted by atomic mass is 10.2. The number of benzene rings is 1. The number of sulfonamides is 1. The van der Waals surface area contributed by atoms with E-state index in [4.69, 9.17) is 4.74 Å². The Labute approximate surface area is 139 Å². The molecule has 1 N–H and O–H groups in total. The van der Waals surface area contributed by atoms with Gasteiger partial charge in [0.2, 0.25) is 15.9 Å². The van der Waals surface area contributed by atoms with Gasteiger partial charge in [-0.2, -0.15) is 0 Å². The van der Waals surface area contributed by atoms with Gasteiger partial charge in [0.1, 0.15) is 11.0 Å². The molecule has 2 aliphatic heterocycles. The first kappa shape index (κ1) is 15.1. The third-order valence-corrected chi connectivity index (χ3v) is 5.67. The monoisotopic (exact) mass is 345 g/mol. The molecule has 0 radical (unpaired) electrons. The first-order chi connectivity index (χ1) is 11.5. The molecule has 124 valence electrons. The first-order valence-electron chi connectivity index (χ1n) is 7.53. The van der Waals surface area contributed by atoms with Gasteiger partial charge in [-0.3, -0.25) is 4.79 Å². The maximum Gasteiger partial charge on any atom is 0.254 e. The van der Waals surface area contributed by atoms with Crippen LogP contribution in [0.1, 0.15) is 10.4 Å². The van der Waals surface area contributed by atoms with Gasteiger partial charge in [-0.15, -0.1) is 0 Å². The van der Waals surface area contributed by atoms with Crippen LogP contribution in [-0.4, -0.2) is 49.4 Å². The molecule has 1 aromatic heterocycles. The lowest BCUT2D eigenvalue weighted by molar-refractivity contribution is 0.0770. The van der Waals surface area contributed by atoms with Gasteiger partial charge in [0.25, 0.3) is 5.91 Å². The van der Waals surface area contributed by atoms with E-state index in [1.165, 1.54) is 12.3 Å². The summed E-state index contributed by atoms with van der Waals surface area (Å²) in [5, 5.41) is 0. The van der Waals surface area contributed by atoms with Crippen LogP contribution < -0.4 is 9.46 Å². The fraction of sp³-hybridized carbons (Fsp3) is 0.250. The summed E-state index contributed by atoms with van der Waals surface area (Å²) in [4.78, 5) is 18.2. The van der Waals surface area contributed by atoms with E-state index >= 15 is 0 Å². The molecule has 24 heavy (non-hydrogen) atoms. The van der Waals surface area contributed by atoms with Crippen molar-refractivity contribution in [1.82, 2.24) is 14.6 Å². The summed E-state index contributed by atoms with van der Waals surface area (Å²) in [5.74, 6) is -0.0702. The summed E-state index contributed by atoms with van der Waals surface area (Å²) in [6, 6.07) is 11.4. The molecule has 0 saturated carbocycles. The van der Waals surface area contributed by atoms with Gasteiger partial charge in [0.15, 0.2) is 0 Å². The SMILES string of the molecule is O=C(c1ccccc1)N1C[C@@H]2Oc3ncccc3S(=O)(=O)N[C@@H]2C1. The quantitative estimate of drug-likeness (QED) is 0.820. The van der Waals surface area contributed by atoms with Crippen molar-refractivity contribution in [1.29, 1.82) is 0 Å². The number of fused-ring (bicyclic) bond motifs is 2. The van der Waals surface area contributed by atoms with Crippen LogP contribution in [-0.2, 0) is 10.0 Å². The molecule has 3 heterocycles. The van der Waals surface area contributed by atoms with E-state index in [1.54, 1.807) is 35.2 Å². The fourth-order valence-corrected chi connectivity index (χ4v) is 4.35. The second-order valence-electron chi connectivity index (χ2n) is 5.77. The number of rotatable bonds is 1. The number of pyridine rings is 1. The second-order valence-corrected chi connectivity index (χ2v) is 7.45. The summed E-state index contributed by atoms with van der Waals surface area (Å²) >= 11 is 0. The van der Waals surface area contributed by atoms with Crippen LogP contribution >= 0.6 is 0 Å². The van der Waals surface area contributed by atoms with Crippen LogP contribution in [0.25, 0.3) is 0 Å². The molecule has 2 aliphatic rings. The lowest BCUT2D eigenvalue weighted by Gasteiger charge is -2.17. The summed E-state index contributed by atoms with van der Waals surface area (Å²) in [6.45, 7) is 0.558. The van der Waals surface area contributed by atoms with E-state index < -0.39 is 22.2 Å². The van der Waals surface area contributed by atoms with Crippen molar-refractivity contribution in [2.24, 2.45) is 0 Å². The number of hydrogen-bond donors (Lipinski definition) is 1. The summed E-state index contributed by atoms with van der Waals surface area (Å²) in [7, 11) is -3.72. The Balaban J connectivity index is 1.62. The van der Waals surface area contributed by atoms with E-state index in [9.17, 15) is 13.2 Å². The zero-order valence-corrected chi connectivity index (χ0v) is 13.4. The highest BCUT2D eigenvalue weighted by Crippen LogP contribution is 2.29. The minimum Gasteiger partial charge on any atom is -0.470 e. The predicted molar refractivity (Wildman–Crippen MR) is 85.1 cm³/mol.